The number of hydrogen-bond acceptors (Lipinski definition) is 7. The first-order chi connectivity index (χ1) is 16.4. The van der Waals surface area contributed by atoms with Gasteiger partial charge in [-0.25, -0.2) is 15.0 Å². The van der Waals surface area contributed by atoms with E-state index < -0.39 is 5.54 Å². The second kappa shape index (κ2) is 8.39. The quantitative estimate of drug-likeness (QED) is 0.308. The van der Waals surface area contributed by atoms with E-state index in [1.807, 2.05) is 41.5 Å². The van der Waals surface area contributed by atoms with Gasteiger partial charge in [0.15, 0.2) is 5.82 Å². The molecule has 0 spiro atoms. The number of fused-ring (bicyclic) bond motifs is 2. The number of nitrogens with zero attached hydrogens (tertiary/aromatic N) is 7. The minimum atomic E-state index is -0.459. The smallest absolute Gasteiger partial charge is 0.255 e. The van der Waals surface area contributed by atoms with Gasteiger partial charge >= 0.3 is 0 Å². The van der Waals surface area contributed by atoms with Gasteiger partial charge in [0, 0.05) is 36.1 Å². The first-order valence-corrected chi connectivity index (χ1v) is 11.8. The van der Waals surface area contributed by atoms with E-state index in [-0.39, 0.29) is 5.91 Å². The second-order valence-corrected chi connectivity index (χ2v) is 9.46. The molecule has 1 aliphatic heterocycles. The summed E-state index contributed by atoms with van der Waals surface area (Å²) in [6.45, 7) is 7.22. The van der Waals surface area contributed by atoms with Crippen LogP contribution in [-0.4, -0.2) is 37.9 Å². The van der Waals surface area contributed by atoms with Crippen LogP contribution in [-0.2, 0) is 12.1 Å². The van der Waals surface area contributed by atoms with Gasteiger partial charge in [-0.1, -0.05) is 6.07 Å². The molecule has 0 N–H and O–H groups in total. The van der Waals surface area contributed by atoms with E-state index in [4.69, 9.17) is 0 Å². The Kier molecular flexibility index (Phi) is 5.38. The minimum absolute atomic E-state index is 0.0197. The molecule has 9 heteroatoms. The normalized spacial score (nSPS) is 14.6. The standard InChI is InChI=1S/C25H23N7OS/c1-4-32(23-21-8-6-18(14-26)30(21)11-9-28-23)29-15-17-5-7-19-20(13-17)25(2,3)31(24(19)33)16-22-27-10-12-34-22/h5-13,15H,4,16H2,1-3H3/b29-15+. The Morgan fingerprint density at radius 3 is 2.82 bits per heavy atom. The highest BCUT2D eigenvalue weighted by Gasteiger charge is 2.43. The molecule has 0 bridgehead atoms. The number of rotatable bonds is 6. The zero-order chi connectivity index (χ0) is 23.9. The molecular weight excluding hydrogens is 446 g/mol. The van der Waals surface area contributed by atoms with E-state index in [1.54, 1.807) is 51.6 Å². The molecule has 170 valence electrons. The zero-order valence-electron chi connectivity index (χ0n) is 19.1. The molecule has 0 aliphatic carbocycles. The van der Waals surface area contributed by atoms with Gasteiger partial charge in [-0.2, -0.15) is 10.4 Å². The molecule has 1 aromatic carbocycles. The van der Waals surface area contributed by atoms with Crippen molar-refractivity contribution >= 4 is 34.8 Å². The van der Waals surface area contributed by atoms with Crippen molar-refractivity contribution in [2.75, 3.05) is 11.6 Å². The third-order valence-corrected chi connectivity index (χ3v) is 6.96. The maximum atomic E-state index is 13.1. The van der Waals surface area contributed by atoms with E-state index in [0.717, 1.165) is 27.2 Å². The van der Waals surface area contributed by atoms with Crippen LogP contribution in [0.3, 0.4) is 0 Å². The Morgan fingerprint density at radius 2 is 2.09 bits per heavy atom. The summed E-state index contributed by atoms with van der Waals surface area (Å²) in [5, 5.41) is 18.7. The number of carbonyl (C=O) groups is 1. The van der Waals surface area contributed by atoms with Crippen molar-refractivity contribution in [3.63, 3.8) is 0 Å². The Labute approximate surface area is 201 Å². The van der Waals surface area contributed by atoms with Crippen LogP contribution in [0.2, 0.25) is 0 Å². The number of hydrazone groups is 1. The molecule has 1 aliphatic rings. The topological polar surface area (TPSA) is 89.9 Å². The fourth-order valence-electron chi connectivity index (χ4n) is 4.36. The zero-order valence-corrected chi connectivity index (χ0v) is 20.0. The van der Waals surface area contributed by atoms with Gasteiger partial charge in [-0.15, -0.1) is 11.3 Å². The number of thiazole rings is 1. The summed E-state index contributed by atoms with van der Waals surface area (Å²) < 4.78 is 1.81. The number of anilines is 1. The summed E-state index contributed by atoms with van der Waals surface area (Å²) in [5.41, 5.74) is 3.50. The molecule has 0 saturated heterocycles. The highest BCUT2D eigenvalue weighted by atomic mass is 32.1. The molecule has 0 unspecified atom stereocenters. The van der Waals surface area contributed by atoms with Crippen LogP contribution in [0.1, 0.15) is 53.0 Å². The van der Waals surface area contributed by atoms with Crippen molar-refractivity contribution in [1.82, 2.24) is 19.3 Å². The lowest BCUT2D eigenvalue weighted by Crippen LogP contribution is -2.38. The van der Waals surface area contributed by atoms with E-state index in [1.165, 1.54) is 0 Å². The number of aromatic nitrogens is 3. The van der Waals surface area contributed by atoms with Gasteiger partial charge in [0.05, 0.1) is 23.8 Å². The molecule has 0 radical (unpaired) electrons. The van der Waals surface area contributed by atoms with Gasteiger partial charge < -0.3 is 9.30 Å². The summed E-state index contributed by atoms with van der Waals surface area (Å²) in [4.78, 5) is 23.8. The highest BCUT2D eigenvalue weighted by molar-refractivity contribution is 7.09. The molecule has 1 amide bonds. The number of nitriles is 1. The number of amides is 1. The fourth-order valence-corrected chi connectivity index (χ4v) is 4.96. The minimum Gasteiger partial charge on any atom is -0.323 e. The molecule has 4 heterocycles. The Bertz CT molecular complexity index is 1450. The van der Waals surface area contributed by atoms with Crippen LogP contribution < -0.4 is 5.01 Å². The molecule has 0 fully saturated rings. The summed E-state index contributed by atoms with van der Waals surface area (Å²) in [7, 11) is 0. The molecule has 3 aromatic heterocycles. The van der Waals surface area contributed by atoms with E-state index in [0.29, 0.717) is 24.6 Å². The van der Waals surface area contributed by atoms with E-state index in [9.17, 15) is 10.1 Å². The van der Waals surface area contributed by atoms with Gasteiger partial charge in [0.25, 0.3) is 5.91 Å². The molecule has 0 saturated carbocycles. The van der Waals surface area contributed by atoms with E-state index >= 15 is 0 Å². The van der Waals surface area contributed by atoms with Crippen LogP contribution in [0, 0.1) is 11.3 Å². The Balaban J connectivity index is 1.45. The number of hydrogen-bond donors (Lipinski definition) is 0. The summed E-state index contributed by atoms with van der Waals surface area (Å²) in [6.07, 6.45) is 6.99. The molecule has 0 atom stereocenters. The van der Waals surface area contributed by atoms with E-state index in [2.05, 4.69) is 35.0 Å². The van der Waals surface area contributed by atoms with Crippen LogP contribution in [0.25, 0.3) is 5.52 Å². The van der Waals surface area contributed by atoms with Crippen LogP contribution in [0.5, 0.6) is 0 Å². The van der Waals surface area contributed by atoms with Gasteiger partial charge in [0.2, 0.25) is 0 Å². The average Bonchev–Trinajstić information content (AvgIpc) is 3.55. The molecule has 34 heavy (non-hydrogen) atoms. The largest absolute Gasteiger partial charge is 0.323 e. The van der Waals surface area contributed by atoms with Crippen molar-refractivity contribution in [3.05, 3.63) is 81.7 Å². The highest BCUT2D eigenvalue weighted by Crippen LogP contribution is 2.40. The lowest BCUT2D eigenvalue weighted by atomic mass is 9.92. The Morgan fingerprint density at radius 1 is 1.24 bits per heavy atom. The number of carbonyl (C=O) groups excluding carboxylic acids is 1. The molecular formula is C25H23N7OS. The lowest BCUT2D eigenvalue weighted by molar-refractivity contribution is 0.0595. The maximum absolute atomic E-state index is 13.1. The Hall–Kier alpha value is -4.03. The van der Waals surface area contributed by atoms with Crippen molar-refractivity contribution in [2.45, 2.75) is 32.9 Å². The fraction of sp³-hybridized carbons (Fsp3) is 0.240. The molecule has 4 aromatic rings. The van der Waals surface area contributed by atoms with Crippen molar-refractivity contribution in [3.8, 4) is 6.07 Å². The summed E-state index contributed by atoms with van der Waals surface area (Å²) in [5.74, 6) is 0.695. The van der Waals surface area contributed by atoms with Crippen LogP contribution in [0.15, 0.2) is 59.4 Å². The average molecular weight is 470 g/mol. The van der Waals surface area contributed by atoms with Crippen LogP contribution >= 0.6 is 11.3 Å². The lowest BCUT2D eigenvalue weighted by Gasteiger charge is -2.32. The van der Waals surface area contributed by atoms with Crippen LogP contribution in [0.4, 0.5) is 5.82 Å². The van der Waals surface area contributed by atoms with Crippen molar-refractivity contribution < 1.29 is 4.79 Å². The van der Waals surface area contributed by atoms with Gasteiger partial charge in [-0.3, -0.25) is 4.79 Å². The maximum Gasteiger partial charge on any atom is 0.255 e. The predicted octanol–water partition coefficient (Wildman–Crippen LogP) is 4.41. The first kappa shape index (κ1) is 21.8. The van der Waals surface area contributed by atoms with Gasteiger partial charge in [-0.05, 0) is 56.2 Å². The molecule has 8 nitrogen and oxygen atoms in total. The van der Waals surface area contributed by atoms with Crippen molar-refractivity contribution in [1.29, 1.82) is 5.26 Å². The summed E-state index contributed by atoms with van der Waals surface area (Å²) in [6, 6.07) is 11.7. The first-order valence-electron chi connectivity index (χ1n) is 11.0. The van der Waals surface area contributed by atoms with Gasteiger partial charge in [0.1, 0.15) is 16.8 Å². The molecule has 5 rings (SSSR count). The predicted molar refractivity (Wildman–Crippen MR) is 132 cm³/mol. The van der Waals surface area contributed by atoms with Crippen molar-refractivity contribution in [2.24, 2.45) is 5.10 Å². The third-order valence-electron chi connectivity index (χ3n) is 6.19. The third kappa shape index (κ3) is 3.53. The second-order valence-electron chi connectivity index (χ2n) is 8.48. The summed E-state index contributed by atoms with van der Waals surface area (Å²) >= 11 is 1.55. The number of benzene rings is 1. The monoisotopic (exact) mass is 469 g/mol. The SMILES string of the molecule is CCN(/N=C/c1ccc2c(c1)C(C)(C)N(Cc1nccs1)C2=O)c1nccn2c(C#N)ccc12.